The predicted molar refractivity (Wildman–Crippen MR) is 80.6 cm³/mol. The lowest BCUT2D eigenvalue weighted by molar-refractivity contribution is 0.102. The minimum Gasteiger partial charge on any atom is -0.473 e. The van der Waals surface area contributed by atoms with Crippen LogP contribution in [0.15, 0.2) is 36.8 Å². The fourth-order valence-electron chi connectivity index (χ4n) is 1.93. The summed E-state index contributed by atoms with van der Waals surface area (Å²) in [7, 11) is 0. The number of pyridine rings is 1. The van der Waals surface area contributed by atoms with Gasteiger partial charge in [0.05, 0.1) is 0 Å². The first-order valence-corrected chi connectivity index (χ1v) is 7.75. The van der Waals surface area contributed by atoms with E-state index in [0.29, 0.717) is 11.4 Å². The van der Waals surface area contributed by atoms with Crippen LogP contribution in [0.4, 0.5) is 5.95 Å². The average molecular weight is 302 g/mol. The number of ether oxygens (including phenoxy) is 1. The molecule has 1 aliphatic heterocycles. The van der Waals surface area contributed by atoms with E-state index in [4.69, 9.17) is 4.74 Å². The summed E-state index contributed by atoms with van der Waals surface area (Å²) >= 11 is 1.87. The van der Waals surface area contributed by atoms with Crippen LogP contribution >= 0.6 is 11.8 Å². The van der Waals surface area contributed by atoms with Gasteiger partial charge in [0.1, 0.15) is 6.10 Å². The van der Waals surface area contributed by atoms with Crippen LogP contribution < -0.4 is 10.1 Å². The van der Waals surface area contributed by atoms with Gasteiger partial charge in [-0.15, -0.1) is 0 Å². The van der Waals surface area contributed by atoms with E-state index < -0.39 is 0 Å². The second-order valence-electron chi connectivity index (χ2n) is 4.51. The van der Waals surface area contributed by atoms with Crippen molar-refractivity contribution in [3.8, 4) is 5.88 Å². The van der Waals surface area contributed by atoms with Gasteiger partial charge in [-0.05, 0) is 24.3 Å². The van der Waals surface area contributed by atoms with E-state index in [9.17, 15) is 4.79 Å². The number of amides is 1. The maximum atomic E-state index is 12.1. The molecule has 0 spiro atoms. The Balaban J connectivity index is 1.68. The van der Waals surface area contributed by atoms with E-state index in [0.717, 1.165) is 17.9 Å². The second-order valence-corrected chi connectivity index (χ2v) is 5.66. The zero-order chi connectivity index (χ0) is 14.5. The van der Waals surface area contributed by atoms with Gasteiger partial charge in [-0.1, -0.05) is 0 Å². The van der Waals surface area contributed by atoms with Crippen molar-refractivity contribution in [1.29, 1.82) is 0 Å². The van der Waals surface area contributed by atoms with Gasteiger partial charge in [-0.2, -0.15) is 11.8 Å². The van der Waals surface area contributed by atoms with Crippen LogP contribution in [-0.2, 0) is 0 Å². The molecule has 21 heavy (non-hydrogen) atoms. The fraction of sp³-hybridized carbons (Fsp3) is 0.286. The Bertz CT molecular complexity index is 617. The summed E-state index contributed by atoms with van der Waals surface area (Å²) in [6.45, 7) is 0. The van der Waals surface area contributed by atoms with Crippen LogP contribution in [0.3, 0.4) is 0 Å². The van der Waals surface area contributed by atoms with Gasteiger partial charge in [0.2, 0.25) is 11.8 Å². The molecule has 1 aliphatic rings. The Morgan fingerprint density at radius 2 is 2.14 bits per heavy atom. The molecule has 1 saturated heterocycles. The Hall–Kier alpha value is -2.15. The van der Waals surface area contributed by atoms with Crippen LogP contribution in [0.2, 0.25) is 0 Å². The maximum Gasteiger partial charge on any atom is 0.258 e. The molecule has 0 radical (unpaired) electrons. The molecular weight excluding hydrogens is 288 g/mol. The molecule has 3 rings (SSSR count). The Morgan fingerprint density at radius 1 is 1.29 bits per heavy atom. The van der Waals surface area contributed by atoms with E-state index in [2.05, 4.69) is 20.3 Å². The van der Waals surface area contributed by atoms with Gasteiger partial charge in [0.15, 0.2) is 0 Å². The molecule has 6 nitrogen and oxygen atoms in total. The summed E-state index contributed by atoms with van der Waals surface area (Å²) in [5, 5.41) is 2.63. The van der Waals surface area contributed by atoms with Gasteiger partial charge in [0, 0.05) is 36.0 Å². The highest BCUT2D eigenvalue weighted by molar-refractivity contribution is 7.99. The Morgan fingerprint density at radius 3 is 2.90 bits per heavy atom. The first-order valence-electron chi connectivity index (χ1n) is 6.60. The van der Waals surface area contributed by atoms with Gasteiger partial charge in [-0.25, -0.2) is 15.0 Å². The number of hydrogen-bond donors (Lipinski definition) is 1. The molecule has 108 valence electrons. The molecule has 0 bridgehead atoms. The number of carbonyl (C=O) groups is 1. The molecule has 1 N–H and O–H groups in total. The summed E-state index contributed by atoms with van der Waals surface area (Å²) in [4.78, 5) is 24.2. The summed E-state index contributed by atoms with van der Waals surface area (Å²) < 4.78 is 5.77. The third-order valence-corrected chi connectivity index (χ3v) is 4.10. The van der Waals surface area contributed by atoms with Crippen molar-refractivity contribution in [3.05, 3.63) is 42.4 Å². The predicted octanol–water partition coefficient (Wildman–Crippen LogP) is 2.01. The number of hydrogen-bond acceptors (Lipinski definition) is 6. The molecule has 0 aromatic carbocycles. The van der Waals surface area contributed by atoms with E-state index >= 15 is 0 Å². The number of nitrogens with one attached hydrogen (secondary N) is 1. The van der Waals surface area contributed by atoms with Crippen molar-refractivity contribution in [3.63, 3.8) is 0 Å². The molecular formula is C14H14N4O2S. The van der Waals surface area contributed by atoms with E-state index in [1.54, 1.807) is 36.8 Å². The standard InChI is InChI=1S/C14H14N4O2S/c19-13(18-14-16-4-1-5-17-14)10-2-6-15-12(8-10)20-11-3-7-21-9-11/h1-2,4-6,8,11H,3,7,9H2,(H,16,17,18,19)/t11-/m1/s1. The highest BCUT2D eigenvalue weighted by Crippen LogP contribution is 2.22. The highest BCUT2D eigenvalue weighted by atomic mass is 32.2. The van der Waals surface area contributed by atoms with E-state index in [1.807, 2.05) is 11.8 Å². The third kappa shape index (κ3) is 3.69. The third-order valence-electron chi connectivity index (χ3n) is 2.96. The first-order chi connectivity index (χ1) is 10.3. The number of aromatic nitrogens is 3. The zero-order valence-electron chi connectivity index (χ0n) is 11.2. The molecule has 0 saturated carbocycles. The molecule has 2 aromatic rings. The van der Waals surface area contributed by atoms with Crippen molar-refractivity contribution in [2.45, 2.75) is 12.5 Å². The van der Waals surface area contributed by atoms with E-state index in [-0.39, 0.29) is 18.0 Å². The maximum absolute atomic E-state index is 12.1. The number of carbonyl (C=O) groups excluding carboxylic acids is 1. The summed E-state index contributed by atoms with van der Waals surface area (Å²) in [5.41, 5.74) is 0.470. The van der Waals surface area contributed by atoms with Crippen LogP contribution in [-0.4, -0.2) is 38.5 Å². The molecule has 2 aromatic heterocycles. The highest BCUT2D eigenvalue weighted by Gasteiger charge is 2.18. The minimum atomic E-state index is -0.283. The second kappa shape index (κ2) is 6.53. The SMILES string of the molecule is O=C(Nc1ncccn1)c1ccnc(O[C@@H]2CCSC2)c1. The summed E-state index contributed by atoms with van der Waals surface area (Å²) in [5.74, 6) is 2.54. The number of thioether (sulfide) groups is 1. The van der Waals surface area contributed by atoms with E-state index in [1.165, 1.54) is 0 Å². The van der Waals surface area contributed by atoms with Crippen LogP contribution in [0.1, 0.15) is 16.8 Å². The quantitative estimate of drug-likeness (QED) is 0.931. The topological polar surface area (TPSA) is 77.0 Å². The summed E-state index contributed by atoms with van der Waals surface area (Å²) in [6.07, 6.45) is 5.90. The van der Waals surface area contributed by atoms with Crippen molar-refractivity contribution in [1.82, 2.24) is 15.0 Å². The number of anilines is 1. The molecule has 0 unspecified atom stereocenters. The zero-order valence-corrected chi connectivity index (χ0v) is 12.0. The number of nitrogens with zero attached hydrogens (tertiary/aromatic N) is 3. The van der Waals surface area contributed by atoms with Gasteiger partial charge in [-0.3, -0.25) is 10.1 Å². The molecule has 0 aliphatic carbocycles. The molecule has 1 amide bonds. The normalized spacial score (nSPS) is 17.4. The van der Waals surface area contributed by atoms with Crippen molar-refractivity contribution >= 4 is 23.6 Å². The minimum absolute atomic E-state index is 0.179. The van der Waals surface area contributed by atoms with Crippen LogP contribution in [0.5, 0.6) is 5.88 Å². The van der Waals surface area contributed by atoms with Crippen molar-refractivity contribution < 1.29 is 9.53 Å². The van der Waals surface area contributed by atoms with Crippen LogP contribution in [0.25, 0.3) is 0 Å². The lowest BCUT2D eigenvalue weighted by Gasteiger charge is -2.11. The van der Waals surface area contributed by atoms with Gasteiger partial charge >= 0.3 is 0 Å². The lowest BCUT2D eigenvalue weighted by atomic mass is 10.2. The first kappa shape index (κ1) is 13.8. The van der Waals surface area contributed by atoms with Crippen molar-refractivity contribution in [2.24, 2.45) is 0 Å². The molecule has 3 heterocycles. The lowest BCUT2D eigenvalue weighted by Crippen LogP contribution is -2.17. The fourth-order valence-corrected chi connectivity index (χ4v) is 3.02. The molecule has 1 atom stereocenters. The number of rotatable bonds is 4. The Labute approximate surface area is 126 Å². The monoisotopic (exact) mass is 302 g/mol. The molecule has 7 heteroatoms. The smallest absolute Gasteiger partial charge is 0.258 e. The largest absolute Gasteiger partial charge is 0.473 e. The van der Waals surface area contributed by atoms with Crippen molar-refractivity contribution in [2.75, 3.05) is 16.8 Å². The van der Waals surface area contributed by atoms with Gasteiger partial charge < -0.3 is 4.74 Å². The average Bonchev–Trinajstić information content (AvgIpc) is 3.01. The molecule has 1 fully saturated rings. The summed E-state index contributed by atoms with van der Waals surface area (Å²) in [6, 6.07) is 4.96. The Kier molecular flexibility index (Phi) is 4.30. The van der Waals surface area contributed by atoms with Crippen LogP contribution in [0, 0.1) is 0 Å². The van der Waals surface area contributed by atoms with Gasteiger partial charge in [0.25, 0.3) is 5.91 Å².